The molecule has 5 heteroatoms. The highest BCUT2D eigenvalue weighted by molar-refractivity contribution is 7.16. The van der Waals surface area contributed by atoms with E-state index in [-0.39, 0.29) is 0 Å². The molecule has 0 saturated carbocycles. The van der Waals surface area contributed by atoms with Crippen LogP contribution in [0.3, 0.4) is 0 Å². The molecule has 0 saturated heterocycles. The largest absolute Gasteiger partial charge is 0.187 e. The first-order valence-electron chi connectivity index (χ1n) is 8.77. The quantitative estimate of drug-likeness (QED) is 0.409. The molecule has 26 heavy (non-hydrogen) atoms. The van der Waals surface area contributed by atoms with Crippen LogP contribution >= 0.6 is 22.7 Å². The maximum atomic E-state index is 4.73. The summed E-state index contributed by atoms with van der Waals surface area (Å²) in [6.07, 6.45) is 0. The van der Waals surface area contributed by atoms with Crippen molar-refractivity contribution in [3.8, 4) is 20.9 Å². The number of aromatic nitrogens is 3. The third-order valence-corrected chi connectivity index (χ3v) is 8.19. The molecule has 0 aliphatic carbocycles. The summed E-state index contributed by atoms with van der Waals surface area (Å²) in [5.41, 5.74) is 9.85. The summed E-state index contributed by atoms with van der Waals surface area (Å²) < 4.78 is 0. The predicted octanol–water partition coefficient (Wildman–Crippen LogP) is 6.28. The van der Waals surface area contributed by atoms with E-state index in [1.54, 1.807) is 4.80 Å². The van der Waals surface area contributed by atoms with E-state index in [0.717, 1.165) is 11.0 Å². The molecule has 0 N–H and O–H groups in total. The molecule has 1 aromatic carbocycles. The molecular weight excluding hydrogens is 358 g/mol. The minimum Gasteiger partial charge on any atom is -0.187 e. The highest BCUT2D eigenvalue weighted by Crippen LogP contribution is 2.43. The number of aryl methyl sites for hydroxylation is 3. The van der Waals surface area contributed by atoms with Gasteiger partial charge >= 0.3 is 0 Å². The van der Waals surface area contributed by atoms with Crippen LogP contribution in [0.5, 0.6) is 0 Å². The van der Waals surface area contributed by atoms with Crippen LogP contribution in [0.25, 0.3) is 31.9 Å². The van der Waals surface area contributed by atoms with Gasteiger partial charge in [-0.2, -0.15) is 15.0 Å². The lowest BCUT2D eigenvalue weighted by Crippen LogP contribution is -1.91. The fraction of sp³-hybridized carbons (Fsp3) is 0.333. The molecule has 0 unspecified atom stereocenters. The zero-order chi connectivity index (χ0) is 18.7. The van der Waals surface area contributed by atoms with Crippen molar-refractivity contribution in [2.75, 3.05) is 0 Å². The van der Waals surface area contributed by atoms with Crippen molar-refractivity contribution in [2.24, 2.45) is 7.05 Å². The molecule has 0 aliphatic rings. The number of thiophene rings is 2. The highest BCUT2D eigenvalue weighted by Gasteiger charge is 2.20. The van der Waals surface area contributed by atoms with E-state index in [4.69, 9.17) is 10.2 Å². The van der Waals surface area contributed by atoms with Crippen molar-refractivity contribution in [3.63, 3.8) is 0 Å². The van der Waals surface area contributed by atoms with Gasteiger partial charge < -0.3 is 0 Å². The molecule has 4 rings (SSSR count). The average molecular weight is 382 g/mol. The van der Waals surface area contributed by atoms with Crippen molar-refractivity contribution in [3.05, 3.63) is 44.1 Å². The number of hydrogen-bond acceptors (Lipinski definition) is 4. The van der Waals surface area contributed by atoms with Gasteiger partial charge in [-0.15, -0.1) is 22.7 Å². The van der Waals surface area contributed by atoms with E-state index >= 15 is 0 Å². The monoisotopic (exact) mass is 381 g/mol. The topological polar surface area (TPSA) is 30.7 Å². The minimum absolute atomic E-state index is 0.998. The van der Waals surface area contributed by atoms with Crippen LogP contribution in [0.1, 0.15) is 32.0 Å². The van der Waals surface area contributed by atoms with Gasteiger partial charge in [-0.25, -0.2) is 0 Å². The van der Waals surface area contributed by atoms with Crippen molar-refractivity contribution in [1.82, 2.24) is 15.0 Å². The lowest BCUT2D eigenvalue weighted by molar-refractivity contribution is 0.665. The van der Waals surface area contributed by atoms with Gasteiger partial charge in [-0.3, -0.25) is 0 Å². The summed E-state index contributed by atoms with van der Waals surface area (Å²) in [7, 11) is 1.91. The Kier molecular flexibility index (Phi) is 4.04. The smallest absolute Gasteiger partial charge is 0.122 e. The number of fused-ring (bicyclic) bond motifs is 1. The van der Waals surface area contributed by atoms with Crippen LogP contribution in [0.15, 0.2) is 12.1 Å². The molecule has 0 fully saturated rings. The maximum Gasteiger partial charge on any atom is 0.122 e. The lowest BCUT2D eigenvalue weighted by atomic mass is 10.0. The maximum absolute atomic E-state index is 4.73. The van der Waals surface area contributed by atoms with Crippen molar-refractivity contribution < 1.29 is 0 Å². The second-order valence-electron chi connectivity index (χ2n) is 7.02. The Hall–Kier alpha value is -1.98. The van der Waals surface area contributed by atoms with E-state index in [1.807, 2.05) is 29.7 Å². The first-order chi connectivity index (χ1) is 12.3. The molecule has 0 spiro atoms. The molecule has 134 valence electrons. The van der Waals surface area contributed by atoms with Crippen LogP contribution in [0.4, 0.5) is 0 Å². The second-order valence-corrected chi connectivity index (χ2v) is 9.47. The molecule has 0 bridgehead atoms. The third kappa shape index (κ3) is 2.45. The van der Waals surface area contributed by atoms with Gasteiger partial charge in [-0.05, 0) is 63.8 Å². The standard InChI is InChI=1S/C21H23N3S2/c1-10-12(3)20(25-14(10)5)16-8-9-17(19-18(16)22-24(7)23-19)21-13(4)11(2)15(6)26-21/h8-9H,1-7H3. The number of hydrogen-bond donors (Lipinski definition) is 0. The molecule has 0 aliphatic heterocycles. The van der Waals surface area contributed by atoms with Crippen LogP contribution < -0.4 is 0 Å². The second kappa shape index (κ2) is 6.03. The summed E-state index contributed by atoms with van der Waals surface area (Å²) in [6, 6.07) is 4.46. The Bertz CT molecular complexity index is 1070. The van der Waals surface area contributed by atoms with Gasteiger partial charge in [0.1, 0.15) is 11.0 Å². The summed E-state index contributed by atoms with van der Waals surface area (Å²) in [6.45, 7) is 13.2. The van der Waals surface area contributed by atoms with Crippen molar-refractivity contribution >= 4 is 33.7 Å². The Morgan fingerprint density at radius 3 is 1.35 bits per heavy atom. The minimum atomic E-state index is 0.998. The van der Waals surface area contributed by atoms with Gasteiger partial charge in [0.05, 0.1) is 0 Å². The van der Waals surface area contributed by atoms with E-state index < -0.39 is 0 Å². The summed E-state index contributed by atoms with van der Waals surface area (Å²) in [5, 5.41) is 9.46. The molecular formula is C21H23N3S2. The zero-order valence-electron chi connectivity index (χ0n) is 16.3. The predicted molar refractivity (Wildman–Crippen MR) is 114 cm³/mol. The fourth-order valence-corrected chi connectivity index (χ4v) is 5.84. The normalized spacial score (nSPS) is 11.7. The van der Waals surface area contributed by atoms with Crippen molar-refractivity contribution in [1.29, 1.82) is 0 Å². The highest BCUT2D eigenvalue weighted by atomic mass is 32.1. The Labute approximate surface area is 162 Å². The van der Waals surface area contributed by atoms with Gasteiger partial charge in [0.25, 0.3) is 0 Å². The molecule has 0 radical (unpaired) electrons. The molecule has 0 amide bonds. The molecule has 0 atom stereocenters. The third-order valence-electron chi connectivity index (χ3n) is 5.50. The number of benzene rings is 1. The fourth-order valence-electron chi connectivity index (χ4n) is 3.46. The SMILES string of the molecule is Cc1sc(-c2ccc(-c3sc(C)c(C)c3C)c3nn(C)nc23)c(C)c1C. The van der Waals surface area contributed by atoms with Gasteiger partial charge in [0, 0.05) is 37.7 Å². The van der Waals surface area contributed by atoms with Crippen molar-refractivity contribution in [2.45, 2.75) is 41.5 Å². The van der Waals surface area contributed by atoms with Crippen LogP contribution in [-0.2, 0) is 7.05 Å². The van der Waals surface area contributed by atoms with E-state index in [1.165, 1.54) is 52.9 Å². The lowest BCUT2D eigenvalue weighted by Gasteiger charge is -2.06. The number of nitrogens with zero attached hydrogens (tertiary/aromatic N) is 3. The first-order valence-corrected chi connectivity index (χ1v) is 10.4. The molecule has 3 heterocycles. The van der Waals surface area contributed by atoms with Crippen LogP contribution in [-0.4, -0.2) is 15.0 Å². The van der Waals surface area contributed by atoms with Gasteiger partial charge in [-0.1, -0.05) is 12.1 Å². The Morgan fingerprint density at radius 2 is 1.04 bits per heavy atom. The van der Waals surface area contributed by atoms with Crippen LogP contribution in [0.2, 0.25) is 0 Å². The zero-order valence-corrected chi connectivity index (χ0v) is 17.9. The van der Waals surface area contributed by atoms with E-state index in [2.05, 4.69) is 53.7 Å². The Morgan fingerprint density at radius 1 is 0.654 bits per heavy atom. The molecule has 3 aromatic heterocycles. The molecule has 4 aromatic rings. The average Bonchev–Trinajstić information content (AvgIpc) is 3.20. The summed E-state index contributed by atoms with van der Waals surface area (Å²) >= 11 is 3.71. The van der Waals surface area contributed by atoms with E-state index in [0.29, 0.717) is 0 Å². The first kappa shape index (κ1) is 17.4. The van der Waals surface area contributed by atoms with Gasteiger partial charge in [0.15, 0.2) is 0 Å². The summed E-state index contributed by atoms with van der Waals surface area (Å²) in [5.74, 6) is 0. The van der Waals surface area contributed by atoms with Crippen LogP contribution in [0, 0.1) is 41.5 Å². The Balaban J connectivity index is 2.03. The van der Waals surface area contributed by atoms with Gasteiger partial charge in [0.2, 0.25) is 0 Å². The summed E-state index contributed by atoms with van der Waals surface area (Å²) in [4.78, 5) is 7.07. The molecule has 3 nitrogen and oxygen atoms in total. The number of rotatable bonds is 2. The van der Waals surface area contributed by atoms with E-state index in [9.17, 15) is 0 Å².